The molecule has 0 bridgehead atoms. The molecule has 6 heteroatoms. The summed E-state index contributed by atoms with van der Waals surface area (Å²) < 4.78 is 5.42. The summed E-state index contributed by atoms with van der Waals surface area (Å²) in [4.78, 5) is 27.7. The first-order chi connectivity index (χ1) is 13.4. The van der Waals surface area contributed by atoms with Crippen molar-refractivity contribution in [2.24, 2.45) is 0 Å². The van der Waals surface area contributed by atoms with Gasteiger partial charge in [-0.05, 0) is 44.0 Å². The van der Waals surface area contributed by atoms with Crippen LogP contribution in [0, 0.1) is 0 Å². The Hall–Kier alpha value is -1.98. The van der Waals surface area contributed by atoms with Crippen molar-refractivity contribution in [3.8, 4) is 0 Å². The number of halogens is 1. The lowest BCUT2D eigenvalue weighted by molar-refractivity contribution is -0.151. The lowest BCUT2D eigenvalue weighted by atomic mass is 10.1. The van der Waals surface area contributed by atoms with E-state index in [9.17, 15) is 9.59 Å². The summed E-state index contributed by atoms with van der Waals surface area (Å²) in [7, 11) is 0. The number of thioether (sulfide) groups is 1. The Morgan fingerprint density at radius 1 is 1.18 bits per heavy atom. The molecule has 4 nitrogen and oxygen atoms in total. The van der Waals surface area contributed by atoms with Crippen LogP contribution in [0.15, 0.2) is 48.5 Å². The van der Waals surface area contributed by atoms with E-state index >= 15 is 0 Å². The number of carbonyl (C=O) groups is 2. The molecule has 0 aromatic heterocycles. The van der Waals surface area contributed by atoms with E-state index in [-0.39, 0.29) is 23.4 Å². The lowest BCUT2D eigenvalue weighted by Crippen LogP contribution is -2.44. The molecule has 1 fully saturated rings. The van der Waals surface area contributed by atoms with Gasteiger partial charge < -0.3 is 9.64 Å². The highest BCUT2D eigenvalue weighted by Gasteiger charge is 2.44. The van der Waals surface area contributed by atoms with E-state index in [0.29, 0.717) is 16.3 Å². The Kier molecular flexibility index (Phi) is 6.68. The molecule has 0 aliphatic carbocycles. The maximum absolute atomic E-state index is 13.4. The van der Waals surface area contributed by atoms with Crippen LogP contribution in [0.5, 0.6) is 0 Å². The van der Waals surface area contributed by atoms with E-state index in [2.05, 4.69) is 6.92 Å². The molecule has 0 spiro atoms. The number of ether oxygens (including phenoxy) is 1. The molecular formula is C22H24ClNO3S. The average molecular weight is 418 g/mol. The van der Waals surface area contributed by atoms with Crippen LogP contribution in [-0.4, -0.2) is 34.7 Å². The summed E-state index contributed by atoms with van der Waals surface area (Å²) in [6.45, 7) is 5.68. The second-order valence-electron chi connectivity index (χ2n) is 6.97. The molecule has 2 aromatic rings. The Labute approximate surface area is 175 Å². The summed E-state index contributed by atoms with van der Waals surface area (Å²) in [5.41, 5.74) is 2.54. The highest BCUT2D eigenvalue weighted by atomic mass is 35.5. The number of rotatable bonds is 5. The molecule has 2 aromatic carbocycles. The van der Waals surface area contributed by atoms with Crippen LogP contribution in [0.1, 0.15) is 47.6 Å². The molecule has 1 amide bonds. The van der Waals surface area contributed by atoms with Gasteiger partial charge in [0.15, 0.2) is 0 Å². The van der Waals surface area contributed by atoms with Gasteiger partial charge in [-0.15, -0.1) is 11.8 Å². The minimum absolute atomic E-state index is 0.191. The van der Waals surface area contributed by atoms with Crippen LogP contribution in [-0.2, 0) is 16.0 Å². The van der Waals surface area contributed by atoms with Crippen molar-refractivity contribution < 1.29 is 14.3 Å². The third-order valence-corrected chi connectivity index (χ3v) is 6.29. The molecule has 2 unspecified atom stereocenters. The van der Waals surface area contributed by atoms with Crippen molar-refractivity contribution in [2.45, 2.75) is 44.7 Å². The monoisotopic (exact) mass is 417 g/mol. The van der Waals surface area contributed by atoms with Crippen LogP contribution in [0.2, 0.25) is 5.02 Å². The first-order valence-corrected chi connectivity index (χ1v) is 10.8. The van der Waals surface area contributed by atoms with Crippen LogP contribution >= 0.6 is 23.4 Å². The van der Waals surface area contributed by atoms with E-state index in [1.165, 1.54) is 11.8 Å². The smallest absolute Gasteiger partial charge is 0.330 e. The fourth-order valence-corrected chi connectivity index (χ4v) is 4.95. The standard InChI is InChI=1S/C22H24ClNO3S/c1-4-15-9-11-16(12-10-15)20(25)24-19(22(26)27-14(2)3)13-28-21(24)17-7-5-6-8-18(17)23/h5-12,14,19,21H,4,13H2,1-3H3. The predicted molar refractivity (Wildman–Crippen MR) is 114 cm³/mol. The minimum atomic E-state index is -0.646. The number of amides is 1. The van der Waals surface area contributed by atoms with Crippen molar-refractivity contribution >= 4 is 35.2 Å². The van der Waals surface area contributed by atoms with Gasteiger partial charge in [-0.25, -0.2) is 4.79 Å². The van der Waals surface area contributed by atoms with Gasteiger partial charge in [0, 0.05) is 21.9 Å². The van der Waals surface area contributed by atoms with Gasteiger partial charge in [-0.1, -0.05) is 48.9 Å². The molecule has 1 aliphatic heterocycles. The third-order valence-electron chi connectivity index (χ3n) is 4.64. The quantitative estimate of drug-likeness (QED) is 0.634. The molecule has 0 N–H and O–H groups in total. The molecule has 1 saturated heterocycles. The zero-order chi connectivity index (χ0) is 20.3. The number of benzene rings is 2. The molecular weight excluding hydrogens is 394 g/mol. The van der Waals surface area contributed by atoms with Gasteiger partial charge in [0.25, 0.3) is 5.91 Å². The zero-order valence-corrected chi connectivity index (χ0v) is 17.8. The molecule has 148 valence electrons. The third kappa shape index (κ3) is 4.36. The Morgan fingerprint density at radius 2 is 1.86 bits per heavy atom. The van der Waals surface area contributed by atoms with E-state index < -0.39 is 6.04 Å². The second-order valence-corrected chi connectivity index (χ2v) is 8.49. The van der Waals surface area contributed by atoms with Crippen LogP contribution in [0.3, 0.4) is 0 Å². The van der Waals surface area contributed by atoms with Gasteiger partial charge in [-0.3, -0.25) is 4.79 Å². The van der Waals surface area contributed by atoms with Gasteiger partial charge in [-0.2, -0.15) is 0 Å². The number of carbonyl (C=O) groups excluding carboxylic acids is 2. The Balaban J connectivity index is 1.97. The largest absolute Gasteiger partial charge is 0.461 e. The Bertz CT molecular complexity index is 853. The topological polar surface area (TPSA) is 46.6 Å². The van der Waals surface area contributed by atoms with Crippen molar-refractivity contribution in [3.05, 3.63) is 70.2 Å². The molecule has 2 atom stereocenters. The summed E-state index contributed by atoms with van der Waals surface area (Å²) in [5, 5.41) is 0.244. The van der Waals surface area contributed by atoms with Gasteiger partial charge in [0.1, 0.15) is 11.4 Å². The lowest BCUT2D eigenvalue weighted by Gasteiger charge is -2.29. The summed E-state index contributed by atoms with van der Waals surface area (Å²) >= 11 is 7.94. The van der Waals surface area contributed by atoms with Crippen molar-refractivity contribution in [1.82, 2.24) is 4.90 Å². The van der Waals surface area contributed by atoms with Gasteiger partial charge >= 0.3 is 5.97 Å². The van der Waals surface area contributed by atoms with E-state index in [0.717, 1.165) is 17.5 Å². The summed E-state index contributed by atoms with van der Waals surface area (Å²) in [5.74, 6) is -0.0981. The number of esters is 1. The first kappa shape index (κ1) is 20.7. The summed E-state index contributed by atoms with van der Waals surface area (Å²) in [6, 6.07) is 14.3. The van der Waals surface area contributed by atoms with Crippen molar-refractivity contribution in [2.75, 3.05) is 5.75 Å². The molecule has 28 heavy (non-hydrogen) atoms. The normalized spacial score (nSPS) is 19.1. The Morgan fingerprint density at radius 3 is 2.46 bits per heavy atom. The zero-order valence-electron chi connectivity index (χ0n) is 16.2. The summed E-state index contributed by atoms with van der Waals surface area (Å²) in [6.07, 6.45) is 0.664. The maximum Gasteiger partial charge on any atom is 0.330 e. The molecule has 0 saturated carbocycles. The number of hydrogen-bond donors (Lipinski definition) is 0. The van der Waals surface area contributed by atoms with Crippen LogP contribution in [0.4, 0.5) is 0 Å². The number of aryl methyl sites for hydroxylation is 1. The number of hydrogen-bond acceptors (Lipinski definition) is 4. The number of nitrogens with zero attached hydrogens (tertiary/aromatic N) is 1. The predicted octanol–water partition coefficient (Wildman–Crippen LogP) is 5.11. The van der Waals surface area contributed by atoms with Crippen molar-refractivity contribution in [3.63, 3.8) is 0 Å². The highest BCUT2D eigenvalue weighted by Crippen LogP contribution is 2.44. The van der Waals surface area contributed by atoms with E-state index in [4.69, 9.17) is 16.3 Å². The average Bonchev–Trinajstić information content (AvgIpc) is 3.12. The van der Waals surface area contributed by atoms with E-state index in [1.54, 1.807) is 24.8 Å². The fraction of sp³-hybridized carbons (Fsp3) is 0.364. The van der Waals surface area contributed by atoms with E-state index in [1.807, 2.05) is 42.5 Å². The van der Waals surface area contributed by atoms with Crippen LogP contribution < -0.4 is 0 Å². The first-order valence-electron chi connectivity index (χ1n) is 9.40. The maximum atomic E-state index is 13.4. The molecule has 1 aliphatic rings. The SMILES string of the molecule is CCc1ccc(C(=O)N2C(C(=O)OC(C)C)CSC2c2ccccc2Cl)cc1. The van der Waals surface area contributed by atoms with Crippen LogP contribution in [0.25, 0.3) is 0 Å². The molecule has 3 rings (SSSR count). The van der Waals surface area contributed by atoms with Crippen molar-refractivity contribution in [1.29, 1.82) is 0 Å². The van der Waals surface area contributed by atoms with Gasteiger partial charge in [0.05, 0.1) is 6.10 Å². The fourth-order valence-electron chi connectivity index (χ4n) is 3.19. The minimum Gasteiger partial charge on any atom is -0.461 e. The van der Waals surface area contributed by atoms with Gasteiger partial charge in [0.2, 0.25) is 0 Å². The highest BCUT2D eigenvalue weighted by molar-refractivity contribution is 7.99. The second kappa shape index (κ2) is 9.01. The molecule has 1 heterocycles. The molecule has 0 radical (unpaired) electrons.